The van der Waals surface area contributed by atoms with Gasteiger partial charge in [-0.05, 0) is 38.0 Å². The molecule has 0 amide bonds. The molecule has 2 aromatic rings. The van der Waals surface area contributed by atoms with Crippen molar-refractivity contribution in [1.29, 1.82) is 0 Å². The first-order valence-corrected chi connectivity index (χ1v) is 9.62. The SMILES string of the molecule is C[C@H]1CC[C@@H](Nc2cc(N3CCOCC3)ncn2)CN1c1cccc(F)c1. The van der Waals surface area contributed by atoms with Crippen LogP contribution in [0.3, 0.4) is 0 Å². The van der Waals surface area contributed by atoms with Crippen molar-refractivity contribution >= 4 is 17.3 Å². The minimum Gasteiger partial charge on any atom is -0.378 e. The van der Waals surface area contributed by atoms with Gasteiger partial charge in [0.1, 0.15) is 23.8 Å². The molecule has 1 aromatic carbocycles. The van der Waals surface area contributed by atoms with E-state index >= 15 is 0 Å². The number of nitrogens with zero attached hydrogens (tertiary/aromatic N) is 4. The summed E-state index contributed by atoms with van der Waals surface area (Å²) < 4.78 is 19.1. The smallest absolute Gasteiger partial charge is 0.134 e. The van der Waals surface area contributed by atoms with Crippen molar-refractivity contribution in [3.05, 3.63) is 42.5 Å². The minimum absolute atomic E-state index is 0.194. The van der Waals surface area contributed by atoms with Crippen LogP contribution in [-0.4, -0.2) is 54.9 Å². The van der Waals surface area contributed by atoms with Gasteiger partial charge in [0.25, 0.3) is 0 Å². The minimum atomic E-state index is -0.194. The summed E-state index contributed by atoms with van der Waals surface area (Å²) in [5.74, 6) is 1.58. The van der Waals surface area contributed by atoms with E-state index in [1.54, 1.807) is 18.5 Å². The van der Waals surface area contributed by atoms with Crippen LogP contribution >= 0.6 is 0 Å². The zero-order valence-corrected chi connectivity index (χ0v) is 15.6. The number of nitrogens with one attached hydrogen (secondary N) is 1. The van der Waals surface area contributed by atoms with E-state index < -0.39 is 0 Å². The van der Waals surface area contributed by atoms with E-state index in [1.807, 2.05) is 12.1 Å². The molecule has 0 radical (unpaired) electrons. The van der Waals surface area contributed by atoms with Gasteiger partial charge in [-0.2, -0.15) is 0 Å². The fourth-order valence-electron chi connectivity index (χ4n) is 3.84. The van der Waals surface area contributed by atoms with E-state index in [0.29, 0.717) is 6.04 Å². The number of aromatic nitrogens is 2. The second-order valence-electron chi connectivity index (χ2n) is 7.26. The van der Waals surface area contributed by atoms with Crippen LogP contribution in [-0.2, 0) is 4.74 Å². The normalized spacial score (nSPS) is 23.3. The highest BCUT2D eigenvalue weighted by Crippen LogP contribution is 2.27. The summed E-state index contributed by atoms with van der Waals surface area (Å²) in [6, 6.07) is 9.50. The molecule has 0 aliphatic carbocycles. The van der Waals surface area contributed by atoms with Crippen molar-refractivity contribution in [1.82, 2.24) is 9.97 Å². The standard InChI is InChI=1S/C20H26FN5O/c1-15-5-6-17(13-26(15)18-4-2-3-16(21)11-18)24-19-12-20(23-14-22-19)25-7-9-27-10-8-25/h2-4,11-12,14-15,17H,5-10,13H2,1H3,(H,22,23,24)/t15-,17+/m0/s1. The molecule has 2 fully saturated rings. The number of hydrogen-bond donors (Lipinski definition) is 1. The Bertz CT molecular complexity index is 768. The molecule has 2 atom stereocenters. The Morgan fingerprint density at radius 2 is 2.00 bits per heavy atom. The Kier molecular flexibility index (Phi) is 5.38. The number of hydrogen-bond acceptors (Lipinski definition) is 6. The van der Waals surface area contributed by atoms with Crippen LogP contribution in [0.1, 0.15) is 19.8 Å². The third kappa shape index (κ3) is 4.30. The average molecular weight is 371 g/mol. The van der Waals surface area contributed by atoms with Gasteiger partial charge in [0, 0.05) is 43.5 Å². The maximum absolute atomic E-state index is 13.6. The lowest BCUT2D eigenvalue weighted by atomic mass is 9.98. The van der Waals surface area contributed by atoms with E-state index in [1.165, 1.54) is 6.07 Å². The van der Waals surface area contributed by atoms with E-state index in [9.17, 15) is 4.39 Å². The maximum atomic E-state index is 13.6. The first-order valence-electron chi connectivity index (χ1n) is 9.62. The van der Waals surface area contributed by atoms with Crippen molar-refractivity contribution in [2.75, 3.05) is 48.0 Å². The number of benzene rings is 1. The monoisotopic (exact) mass is 371 g/mol. The molecule has 1 N–H and O–H groups in total. The summed E-state index contributed by atoms with van der Waals surface area (Å²) in [5.41, 5.74) is 0.936. The summed E-state index contributed by atoms with van der Waals surface area (Å²) in [7, 11) is 0. The molecular weight excluding hydrogens is 345 g/mol. The van der Waals surface area contributed by atoms with Gasteiger partial charge in [-0.3, -0.25) is 0 Å². The van der Waals surface area contributed by atoms with Gasteiger partial charge in [0.05, 0.1) is 13.2 Å². The van der Waals surface area contributed by atoms with Crippen molar-refractivity contribution in [3.8, 4) is 0 Å². The summed E-state index contributed by atoms with van der Waals surface area (Å²) in [4.78, 5) is 13.3. The number of anilines is 3. The molecule has 7 heteroatoms. The number of rotatable bonds is 4. The third-order valence-electron chi connectivity index (χ3n) is 5.36. The van der Waals surface area contributed by atoms with Crippen LogP contribution in [0, 0.1) is 5.82 Å². The Labute approximate surface area is 159 Å². The van der Waals surface area contributed by atoms with E-state index in [-0.39, 0.29) is 11.9 Å². The molecule has 144 valence electrons. The maximum Gasteiger partial charge on any atom is 0.134 e. The third-order valence-corrected chi connectivity index (χ3v) is 5.36. The van der Waals surface area contributed by atoms with Gasteiger partial charge >= 0.3 is 0 Å². The summed E-state index contributed by atoms with van der Waals surface area (Å²) in [5, 5.41) is 3.55. The Morgan fingerprint density at radius 3 is 2.81 bits per heavy atom. The predicted molar refractivity (Wildman–Crippen MR) is 105 cm³/mol. The van der Waals surface area contributed by atoms with Crippen LogP contribution in [0.5, 0.6) is 0 Å². The van der Waals surface area contributed by atoms with E-state index in [4.69, 9.17) is 4.74 Å². The molecule has 0 spiro atoms. The van der Waals surface area contributed by atoms with Crippen molar-refractivity contribution in [2.45, 2.75) is 31.8 Å². The Balaban J connectivity index is 1.45. The second-order valence-corrected chi connectivity index (χ2v) is 7.26. The fraction of sp³-hybridized carbons (Fsp3) is 0.500. The van der Waals surface area contributed by atoms with Gasteiger partial charge < -0.3 is 19.9 Å². The zero-order chi connectivity index (χ0) is 18.6. The highest BCUT2D eigenvalue weighted by atomic mass is 19.1. The van der Waals surface area contributed by atoms with Gasteiger partial charge in [-0.25, -0.2) is 14.4 Å². The highest BCUT2D eigenvalue weighted by molar-refractivity contribution is 5.51. The van der Waals surface area contributed by atoms with Gasteiger partial charge in [0.15, 0.2) is 0 Å². The lowest BCUT2D eigenvalue weighted by Gasteiger charge is -2.40. The Morgan fingerprint density at radius 1 is 1.15 bits per heavy atom. The molecule has 2 saturated heterocycles. The molecule has 3 heterocycles. The van der Waals surface area contributed by atoms with Crippen LogP contribution in [0.25, 0.3) is 0 Å². The fourth-order valence-corrected chi connectivity index (χ4v) is 3.84. The van der Waals surface area contributed by atoms with Gasteiger partial charge in [-0.15, -0.1) is 0 Å². The van der Waals surface area contributed by atoms with Crippen LogP contribution < -0.4 is 15.1 Å². The van der Waals surface area contributed by atoms with Crippen molar-refractivity contribution in [3.63, 3.8) is 0 Å². The first-order chi connectivity index (χ1) is 13.2. The molecule has 2 aliphatic rings. The average Bonchev–Trinajstić information content (AvgIpc) is 2.70. The second kappa shape index (κ2) is 8.08. The molecule has 0 unspecified atom stereocenters. The molecule has 27 heavy (non-hydrogen) atoms. The number of ether oxygens (including phenoxy) is 1. The molecule has 1 aromatic heterocycles. The van der Waals surface area contributed by atoms with Gasteiger partial charge in [-0.1, -0.05) is 6.07 Å². The molecule has 4 rings (SSSR count). The summed E-state index contributed by atoms with van der Waals surface area (Å²) in [6.45, 7) is 6.19. The molecular formula is C20H26FN5O. The topological polar surface area (TPSA) is 53.5 Å². The van der Waals surface area contributed by atoms with Gasteiger partial charge in [0.2, 0.25) is 0 Å². The van der Waals surface area contributed by atoms with E-state index in [2.05, 4.69) is 32.0 Å². The summed E-state index contributed by atoms with van der Waals surface area (Å²) >= 11 is 0. The van der Waals surface area contributed by atoms with Crippen LogP contribution in [0.15, 0.2) is 36.7 Å². The first kappa shape index (κ1) is 18.0. The van der Waals surface area contributed by atoms with E-state index in [0.717, 1.165) is 63.0 Å². The molecule has 2 aliphatic heterocycles. The molecule has 0 saturated carbocycles. The van der Waals surface area contributed by atoms with Crippen molar-refractivity contribution < 1.29 is 9.13 Å². The zero-order valence-electron chi connectivity index (χ0n) is 15.6. The number of piperidine rings is 1. The molecule has 6 nitrogen and oxygen atoms in total. The Hall–Kier alpha value is -2.41. The number of halogens is 1. The summed E-state index contributed by atoms with van der Waals surface area (Å²) in [6.07, 6.45) is 3.72. The quantitative estimate of drug-likeness (QED) is 0.892. The lowest BCUT2D eigenvalue weighted by Crippen LogP contribution is -2.47. The predicted octanol–water partition coefficient (Wildman–Crippen LogP) is 2.92. The van der Waals surface area contributed by atoms with Crippen LogP contribution in [0.4, 0.5) is 21.7 Å². The molecule has 0 bridgehead atoms. The van der Waals surface area contributed by atoms with Crippen molar-refractivity contribution in [2.24, 2.45) is 0 Å². The van der Waals surface area contributed by atoms with Crippen LogP contribution in [0.2, 0.25) is 0 Å². The number of morpholine rings is 1. The highest BCUT2D eigenvalue weighted by Gasteiger charge is 2.26. The lowest BCUT2D eigenvalue weighted by molar-refractivity contribution is 0.122. The largest absolute Gasteiger partial charge is 0.378 e.